The summed E-state index contributed by atoms with van der Waals surface area (Å²) in [4.78, 5) is 29.5. The maximum atomic E-state index is 14.4. The lowest BCUT2D eigenvalue weighted by atomic mass is 10.0. The van der Waals surface area contributed by atoms with Crippen LogP contribution in [-0.4, -0.2) is 40.2 Å². The Morgan fingerprint density at radius 3 is 2.89 bits per heavy atom. The monoisotopic (exact) mass is 485 g/mol. The molecule has 11 heteroatoms. The molecule has 2 aromatic heterocycles. The van der Waals surface area contributed by atoms with E-state index in [9.17, 15) is 23.7 Å². The predicted octanol–water partition coefficient (Wildman–Crippen LogP) is 3.69. The number of hydrogen-bond donors (Lipinski definition) is 1. The molecule has 0 bridgehead atoms. The normalized spacial score (nSPS) is 19.6. The van der Waals surface area contributed by atoms with Crippen LogP contribution in [-0.2, 0) is 6.54 Å². The lowest BCUT2D eigenvalue weighted by Gasteiger charge is -2.34. The molecule has 184 valence electrons. The van der Waals surface area contributed by atoms with Gasteiger partial charge in [-0.1, -0.05) is 6.92 Å². The van der Waals surface area contributed by atoms with Gasteiger partial charge in [-0.25, -0.2) is 4.39 Å². The van der Waals surface area contributed by atoms with E-state index >= 15 is 0 Å². The van der Waals surface area contributed by atoms with E-state index in [0.29, 0.717) is 24.0 Å². The lowest BCUT2D eigenvalue weighted by Crippen LogP contribution is -2.46. The standard InChI is InChI=1S/C24H25F2N5O4/c1-2-16-13-35-24-21(26)19(25)8-18-22(24)30(16)11-14(23(18)32)9-27-15-4-3-7-29(12-15)17-5-6-20(28-10-17)31(33)34/h5-6,8,10-11,15-16,27H,2-4,7,9,12-13H2,1H3. The highest BCUT2D eigenvalue weighted by molar-refractivity contribution is 5.86. The quantitative estimate of drug-likeness (QED) is 0.420. The summed E-state index contributed by atoms with van der Waals surface area (Å²) in [6.07, 6.45) is 5.74. The second kappa shape index (κ2) is 9.21. The Labute approximate surface area is 199 Å². The highest BCUT2D eigenvalue weighted by Gasteiger charge is 2.28. The van der Waals surface area contributed by atoms with Crippen LogP contribution < -0.4 is 20.4 Å². The molecule has 1 fully saturated rings. The largest absolute Gasteiger partial charge is 0.486 e. The van der Waals surface area contributed by atoms with Crippen LogP contribution in [0, 0.1) is 21.7 Å². The maximum absolute atomic E-state index is 14.4. The van der Waals surface area contributed by atoms with Crippen LogP contribution in [0.1, 0.15) is 37.8 Å². The van der Waals surface area contributed by atoms with Gasteiger partial charge in [0.25, 0.3) is 0 Å². The highest BCUT2D eigenvalue weighted by Crippen LogP contribution is 2.36. The molecule has 2 aliphatic rings. The first-order valence-electron chi connectivity index (χ1n) is 11.6. The summed E-state index contributed by atoms with van der Waals surface area (Å²) >= 11 is 0. The van der Waals surface area contributed by atoms with Crippen LogP contribution in [0.2, 0.25) is 0 Å². The third-order valence-corrected chi connectivity index (χ3v) is 6.81. The van der Waals surface area contributed by atoms with Gasteiger partial charge in [0.15, 0.2) is 23.2 Å². The molecule has 0 saturated carbocycles. The number of benzene rings is 1. The van der Waals surface area contributed by atoms with Crippen LogP contribution in [0.4, 0.5) is 20.3 Å². The molecule has 1 aromatic carbocycles. The number of nitrogens with zero attached hydrogens (tertiary/aromatic N) is 4. The van der Waals surface area contributed by atoms with Gasteiger partial charge in [0.1, 0.15) is 6.61 Å². The molecule has 0 aliphatic carbocycles. The first-order valence-corrected chi connectivity index (χ1v) is 11.6. The van der Waals surface area contributed by atoms with Gasteiger partial charge in [0.2, 0.25) is 5.82 Å². The van der Waals surface area contributed by atoms with Crippen molar-refractivity contribution in [1.82, 2.24) is 14.9 Å². The minimum absolute atomic E-state index is 0.0706. The first kappa shape index (κ1) is 23.2. The van der Waals surface area contributed by atoms with Gasteiger partial charge < -0.3 is 29.6 Å². The molecule has 1 N–H and O–H groups in total. The van der Waals surface area contributed by atoms with Crippen molar-refractivity contribution in [2.75, 3.05) is 24.6 Å². The molecule has 1 saturated heterocycles. The number of nitro groups is 1. The summed E-state index contributed by atoms with van der Waals surface area (Å²) < 4.78 is 35.9. The van der Waals surface area contributed by atoms with E-state index in [1.165, 1.54) is 12.3 Å². The second-order valence-electron chi connectivity index (χ2n) is 8.96. The van der Waals surface area contributed by atoms with Gasteiger partial charge in [-0.05, 0) is 41.3 Å². The fourth-order valence-corrected chi connectivity index (χ4v) is 4.91. The molecular formula is C24H25F2N5O4. The van der Waals surface area contributed by atoms with Crippen molar-refractivity contribution in [3.63, 3.8) is 0 Å². The smallest absolute Gasteiger partial charge is 0.363 e. The van der Waals surface area contributed by atoms with Crippen LogP contribution >= 0.6 is 0 Å². The zero-order chi connectivity index (χ0) is 24.7. The zero-order valence-corrected chi connectivity index (χ0v) is 19.2. The number of hydrogen-bond acceptors (Lipinski definition) is 7. The van der Waals surface area contributed by atoms with E-state index in [4.69, 9.17) is 4.74 Å². The fraction of sp³-hybridized carbons (Fsp3) is 0.417. The number of aromatic nitrogens is 2. The summed E-state index contributed by atoms with van der Waals surface area (Å²) in [6, 6.07) is 4.02. The van der Waals surface area contributed by atoms with Crippen molar-refractivity contribution < 1.29 is 18.4 Å². The van der Waals surface area contributed by atoms with E-state index < -0.39 is 16.6 Å². The number of halogens is 2. The molecule has 9 nitrogen and oxygen atoms in total. The number of piperidine rings is 1. The predicted molar refractivity (Wildman–Crippen MR) is 126 cm³/mol. The van der Waals surface area contributed by atoms with Crippen molar-refractivity contribution in [2.45, 2.75) is 44.8 Å². The topological polar surface area (TPSA) is 103 Å². The molecule has 2 atom stereocenters. The van der Waals surface area contributed by atoms with Crippen molar-refractivity contribution in [2.24, 2.45) is 0 Å². The van der Waals surface area contributed by atoms with Gasteiger partial charge >= 0.3 is 5.82 Å². The molecule has 4 heterocycles. The average molecular weight is 485 g/mol. The van der Waals surface area contributed by atoms with E-state index in [0.717, 1.165) is 31.1 Å². The Hall–Kier alpha value is -3.60. The zero-order valence-electron chi connectivity index (χ0n) is 19.2. The third-order valence-electron chi connectivity index (χ3n) is 6.81. The molecule has 2 aliphatic heterocycles. The molecule has 3 aromatic rings. The molecule has 5 rings (SSSR count). The number of pyridine rings is 2. The summed E-state index contributed by atoms with van der Waals surface area (Å²) in [5.74, 6) is -2.58. The summed E-state index contributed by atoms with van der Waals surface area (Å²) in [7, 11) is 0. The van der Waals surface area contributed by atoms with Gasteiger partial charge in [-0.3, -0.25) is 4.79 Å². The summed E-state index contributed by atoms with van der Waals surface area (Å²) in [6.45, 7) is 3.90. The van der Waals surface area contributed by atoms with E-state index in [-0.39, 0.29) is 47.6 Å². The fourth-order valence-electron chi connectivity index (χ4n) is 4.91. The van der Waals surface area contributed by atoms with E-state index in [1.807, 2.05) is 11.5 Å². The van der Waals surface area contributed by atoms with Crippen LogP contribution in [0.15, 0.2) is 35.4 Å². The van der Waals surface area contributed by atoms with Crippen molar-refractivity contribution in [1.29, 1.82) is 0 Å². The number of anilines is 1. The van der Waals surface area contributed by atoms with Crippen LogP contribution in [0.25, 0.3) is 10.9 Å². The van der Waals surface area contributed by atoms with Gasteiger partial charge in [0, 0.05) is 43.5 Å². The van der Waals surface area contributed by atoms with Crippen molar-refractivity contribution in [3.05, 3.63) is 68.1 Å². The summed E-state index contributed by atoms with van der Waals surface area (Å²) in [5, 5.41) is 14.4. The van der Waals surface area contributed by atoms with Gasteiger partial charge in [-0.2, -0.15) is 4.39 Å². The Kier molecular flexibility index (Phi) is 6.10. The second-order valence-corrected chi connectivity index (χ2v) is 8.96. The van der Waals surface area contributed by atoms with Gasteiger partial charge in [-0.15, -0.1) is 0 Å². The van der Waals surface area contributed by atoms with Crippen LogP contribution in [0.3, 0.4) is 0 Å². The lowest BCUT2D eigenvalue weighted by molar-refractivity contribution is -0.389. The molecule has 2 unspecified atom stereocenters. The average Bonchev–Trinajstić information content (AvgIpc) is 2.87. The molecule has 0 amide bonds. The minimum Gasteiger partial charge on any atom is -0.486 e. The summed E-state index contributed by atoms with van der Waals surface area (Å²) in [5.41, 5.74) is 1.22. The van der Waals surface area contributed by atoms with Crippen molar-refractivity contribution in [3.8, 4) is 5.75 Å². The Morgan fingerprint density at radius 2 is 2.17 bits per heavy atom. The first-order chi connectivity index (χ1) is 16.9. The van der Waals surface area contributed by atoms with Crippen molar-refractivity contribution >= 4 is 22.4 Å². The molecule has 0 radical (unpaired) electrons. The number of ether oxygens (including phenoxy) is 1. The Bertz CT molecular complexity index is 1340. The third kappa shape index (κ3) is 4.20. The highest BCUT2D eigenvalue weighted by atomic mass is 19.2. The maximum Gasteiger partial charge on any atom is 0.363 e. The van der Waals surface area contributed by atoms with Gasteiger partial charge in [0.05, 0.1) is 22.6 Å². The number of nitrogens with one attached hydrogen (secondary N) is 1. The number of rotatable bonds is 6. The molecule has 35 heavy (non-hydrogen) atoms. The minimum atomic E-state index is -1.10. The van der Waals surface area contributed by atoms with E-state index in [2.05, 4.69) is 15.2 Å². The molecule has 0 spiro atoms. The Morgan fingerprint density at radius 1 is 1.34 bits per heavy atom. The Balaban J connectivity index is 1.38. The SMILES string of the molecule is CCC1COc2c(F)c(F)cc3c(=O)c(CNC4CCCN(c5ccc([N+](=O)[O-])nc5)C4)cn1c23. The van der Waals surface area contributed by atoms with Crippen LogP contribution in [0.5, 0.6) is 5.75 Å². The molecular weight excluding hydrogens is 460 g/mol. The van der Waals surface area contributed by atoms with E-state index in [1.54, 1.807) is 12.3 Å².